The van der Waals surface area contributed by atoms with Gasteiger partial charge >= 0.3 is 0 Å². The van der Waals surface area contributed by atoms with Crippen LogP contribution in [0.5, 0.6) is 0 Å². The van der Waals surface area contributed by atoms with Gasteiger partial charge in [0.25, 0.3) is 0 Å². The number of thiophene rings is 1. The number of hydrazine groups is 1. The second kappa shape index (κ2) is 5.25. The van der Waals surface area contributed by atoms with Gasteiger partial charge in [-0.3, -0.25) is 5.84 Å². The van der Waals surface area contributed by atoms with Crippen molar-refractivity contribution >= 4 is 38.9 Å². The molecule has 0 bridgehead atoms. The van der Waals surface area contributed by atoms with Crippen LogP contribution in [0.2, 0.25) is 5.15 Å². The lowest BCUT2D eigenvalue weighted by Crippen LogP contribution is -2.28. The maximum Gasteiger partial charge on any atom is 0.129 e. The smallest absolute Gasteiger partial charge is 0.129 e. The first-order valence-electron chi connectivity index (χ1n) is 4.53. The molecule has 1 atom stereocenters. The van der Waals surface area contributed by atoms with Crippen LogP contribution < -0.4 is 11.3 Å². The summed E-state index contributed by atoms with van der Waals surface area (Å²) in [5.74, 6) is 5.58. The molecule has 16 heavy (non-hydrogen) atoms. The van der Waals surface area contributed by atoms with Crippen molar-refractivity contribution in [3.8, 4) is 0 Å². The van der Waals surface area contributed by atoms with Crippen molar-refractivity contribution in [3.63, 3.8) is 0 Å². The van der Waals surface area contributed by atoms with E-state index in [1.54, 1.807) is 23.6 Å². The van der Waals surface area contributed by atoms with E-state index >= 15 is 0 Å². The van der Waals surface area contributed by atoms with Crippen molar-refractivity contribution in [2.24, 2.45) is 5.84 Å². The fourth-order valence-corrected chi connectivity index (χ4v) is 3.19. The molecule has 3 N–H and O–H groups in total. The lowest BCUT2D eigenvalue weighted by Gasteiger charge is -2.15. The summed E-state index contributed by atoms with van der Waals surface area (Å²) in [7, 11) is 0. The minimum atomic E-state index is -0.0702. The summed E-state index contributed by atoms with van der Waals surface area (Å²) in [6.07, 6.45) is 1.72. The summed E-state index contributed by atoms with van der Waals surface area (Å²) < 4.78 is 1.04. The molecule has 1 unspecified atom stereocenters. The average Bonchev–Trinajstić information content (AvgIpc) is 2.69. The van der Waals surface area contributed by atoms with Crippen molar-refractivity contribution in [2.75, 3.05) is 0 Å². The van der Waals surface area contributed by atoms with Gasteiger partial charge in [-0.05, 0) is 39.0 Å². The number of nitrogens with one attached hydrogen (secondary N) is 1. The van der Waals surface area contributed by atoms with Crippen LogP contribution in [0, 0.1) is 0 Å². The molecular formula is C10H9BrClN3S. The zero-order chi connectivity index (χ0) is 11.5. The van der Waals surface area contributed by atoms with E-state index in [2.05, 4.69) is 26.3 Å². The molecular weight excluding hydrogens is 310 g/mol. The predicted molar refractivity (Wildman–Crippen MR) is 70.4 cm³/mol. The zero-order valence-corrected chi connectivity index (χ0v) is 11.3. The van der Waals surface area contributed by atoms with E-state index in [0.717, 1.165) is 14.9 Å². The second-order valence-electron chi connectivity index (χ2n) is 3.15. The van der Waals surface area contributed by atoms with Gasteiger partial charge < -0.3 is 0 Å². The summed E-state index contributed by atoms with van der Waals surface area (Å²) in [6, 6.07) is 5.58. The maximum atomic E-state index is 5.75. The van der Waals surface area contributed by atoms with Crippen molar-refractivity contribution in [1.29, 1.82) is 0 Å². The van der Waals surface area contributed by atoms with E-state index < -0.39 is 0 Å². The normalized spacial score (nSPS) is 12.7. The van der Waals surface area contributed by atoms with E-state index in [0.29, 0.717) is 5.15 Å². The number of rotatable bonds is 3. The third-order valence-electron chi connectivity index (χ3n) is 2.16. The van der Waals surface area contributed by atoms with Crippen LogP contribution in [0.4, 0.5) is 0 Å². The molecule has 3 nitrogen and oxygen atoms in total. The SMILES string of the molecule is NNC(c1ccc(Cl)nc1)c1sccc1Br. The van der Waals surface area contributed by atoms with Gasteiger partial charge in [-0.25, -0.2) is 10.4 Å². The molecule has 0 amide bonds. The van der Waals surface area contributed by atoms with Crippen LogP contribution in [0.15, 0.2) is 34.2 Å². The van der Waals surface area contributed by atoms with Crippen LogP contribution in [0.1, 0.15) is 16.5 Å². The molecule has 0 spiro atoms. The first kappa shape index (κ1) is 12.0. The first-order chi connectivity index (χ1) is 7.72. The Kier molecular flexibility index (Phi) is 3.94. The fourth-order valence-electron chi connectivity index (χ4n) is 1.39. The van der Waals surface area contributed by atoms with Crippen molar-refractivity contribution in [3.05, 3.63) is 49.8 Å². The Bertz CT molecular complexity index is 471. The molecule has 0 radical (unpaired) electrons. The maximum absolute atomic E-state index is 5.75. The molecule has 0 aliphatic rings. The van der Waals surface area contributed by atoms with Gasteiger partial charge in [0.05, 0.1) is 6.04 Å². The zero-order valence-electron chi connectivity index (χ0n) is 8.15. The molecule has 2 aromatic heterocycles. The second-order valence-corrected chi connectivity index (χ2v) is 5.34. The number of aromatic nitrogens is 1. The van der Waals surface area contributed by atoms with Crippen LogP contribution in [0.3, 0.4) is 0 Å². The largest absolute Gasteiger partial charge is 0.271 e. The Labute approximate surface area is 111 Å². The lowest BCUT2D eigenvalue weighted by molar-refractivity contribution is 0.642. The highest BCUT2D eigenvalue weighted by Gasteiger charge is 2.16. The highest BCUT2D eigenvalue weighted by molar-refractivity contribution is 9.10. The first-order valence-corrected chi connectivity index (χ1v) is 6.58. The molecule has 0 saturated carbocycles. The number of halogens is 2. The Morgan fingerprint density at radius 1 is 1.44 bits per heavy atom. The molecule has 0 aliphatic carbocycles. The van der Waals surface area contributed by atoms with Crippen LogP contribution >= 0.6 is 38.9 Å². The summed E-state index contributed by atoms with van der Waals surface area (Å²) in [5, 5.41) is 2.48. The number of hydrogen-bond acceptors (Lipinski definition) is 4. The summed E-state index contributed by atoms with van der Waals surface area (Å²) >= 11 is 10.9. The fraction of sp³-hybridized carbons (Fsp3) is 0.100. The van der Waals surface area contributed by atoms with E-state index in [1.807, 2.05) is 17.5 Å². The Morgan fingerprint density at radius 2 is 2.25 bits per heavy atom. The molecule has 6 heteroatoms. The number of pyridine rings is 1. The molecule has 0 fully saturated rings. The Morgan fingerprint density at radius 3 is 2.75 bits per heavy atom. The molecule has 2 rings (SSSR count). The standard InChI is InChI=1S/C10H9BrClN3S/c11-7-3-4-16-10(7)9(15-13)6-1-2-8(12)14-5-6/h1-5,9,15H,13H2. The van der Waals surface area contributed by atoms with Crippen LogP contribution in [0.25, 0.3) is 0 Å². The predicted octanol–water partition coefficient (Wildman–Crippen LogP) is 3.11. The Balaban J connectivity index is 2.37. The number of nitrogens with zero attached hydrogens (tertiary/aromatic N) is 1. The average molecular weight is 319 g/mol. The summed E-state index contributed by atoms with van der Waals surface area (Å²) in [4.78, 5) is 5.16. The van der Waals surface area contributed by atoms with E-state index in [4.69, 9.17) is 17.4 Å². The van der Waals surface area contributed by atoms with Gasteiger partial charge in [-0.15, -0.1) is 11.3 Å². The van der Waals surface area contributed by atoms with Crippen LogP contribution in [-0.2, 0) is 0 Å². The van der Waals surface area contributed by atoms with Gasteiger partial charge in [-0.1, -0.05) is 17.7 Å². The molecule has 0 aromatic carbocycles. The minimum absolute atomic E-state index is 0.0702. The van der Waals surface area contributed by atoms with Gasteiger partial charge in [0.15, 0.2) is 0 Å². The monoisotopic (exact) mass is 317 g/mol. The highest BCUT2D eigenvalue weighted by atomic mass is 79.9. The van der Waals surface area contributed by atoms with Crippen molar-refractivity contribution < 1.29 is 0 Å². The molecule has 2 aromatic rings. The van der Waals surface area contributed by atoms with E-state index in [9.17, 15) is 0 Å². The van der Waals surface area contributed by atoms with Gasteiger partial charge in [0.1, 0.15) is 5.15 Å². The topological polar surface area (TPSA) is 50.9 Å². The third kappa shape index (κ3) is 2.44. The molecule has 0 aliphatic heterocycles. The molecule has 0 saturated heterocycles. The van der Waals surface area contributed by atoms with Crippen LogP contribution in [-0.4, -0.2) is 4.98 Å². The molecule has 2 heterocycles. The van der Waals surface area contributed by atoms with Gasteiger partial charge in [0, 0.05) is 15.5 Å². The molecule has 84 valence electrons. The lowest BCUT2D eigenvalue weighted by atomic mass is 10.1. The highest BCUT2D eigenvalue weighted by Crippen LogP contribution is 2.32. The van der Waals surface area contributed by atoms with E-state index in [-0.39, 0.29) is 6.04 Å². The van der Waals surface area contributed by atoms with Gasteiger partial charge in [-0.2, -0.15) is 0 Å². The van der Waals surface area contributed by atoms with Crippen molar-refractivity contribution in [2.45, 2.75) is 6.04 Å². The van der Waals surface area contributed by atoms with Gasteiger partial charge in [0.2, 0.25) is 0 Å². The number of nitrogens with two attached hydrogens (primary N) is 1. The number of hydrogen-bond donors (Lipinski definition) is 2. The minimum Gasteiger partial charge on any atom is -0.271 e. The van der Waals surface area contributed by atoms with E-state index in [1.165, 1.54) is 0 Å². The Hall–Kier alpha value is -0.460. The summed E-state index contributed by atoms with van der Waals surface area (Å²) in [6.45, 7) is 0. The third-order valence-corrected chi connectivity index (χ3v) is 4.32. The van der Waals surface area contributed by atoms with Crippen molar-refractivity contribution in [1.82, 2.24) is 10.4 Å². The summed E-state index contributed by atoms with van der Waals surface area (Å²) in [5.41, 5.74) is 3.76. The quantitative estimate of drug-likeness (QED) is 0.519.